The molecule has 5 nitrogen and oxygen atoms in total. The van der Waals surface area contributed by atoms with Crippen LogP contribution in [-0.2, 0) is 13.1 Å². The van der Waals surface area contributed by atoms with Crippen LogP contribution < -0.4 is 0 Å². The summed E-state index contributed by atoms with van der Waals surface area (Å²) in [5.41, 5.74) is 3.59. The van der Waals surface area contributed by atoms with Gasteiger partial charge in [-0.15, -0.1) is 0 Å². The minimum absolute atomic E-state index is 0.0217. The number of aryl methyl sites for hydroxylation is 1. The number of hydrogen-bond acceptors (Lipinski definition) is 6. The van der Waals surface area contributed by atoms with E-state index in [1.807, 2.05) is 25.2 Å². The van der Waals surface area contributed by atoms with E-state index in [1.54, 1.807) is 6.92 Å². The Hall–Kier alpha value is -2.71. The van der Waals surface area contributed by atoms with Crippen molar-refractivity contribution in [1.82, 2.24) is 18.6 Å². The minimum Gasteiger partial charge on any atom is -0.441 e. The van der Waals surface area contributed by atoms with E-state index in [-0.39, 0.29) is 11.5 Å². The highest BCUT2D eigenvalue weighted by Gasteiger charge is 2.18. The maximum atomic E-state index is 14.0. The molecule has 0 unspecified atom stereocenters. The number of nitrogens with zero attached hydrogens (tertiary/aromatic N) is 4. The first-order chi connectivity index (χ1) is 13.0. The lowest BCUT2D eigenvalue weighted by molar-refractivity contribution is 0.313. The van der Waals surface area contributed by atoms with Crippen LogP contribution in [0.3, 0.4) is 0 Å². The molecule has 0 aliphatic carbocycles. The number of aromatic nitrogens is 3. The first kappa shape index (κ1) is 17.7. The number of rotatable bonds is 5. The number of hydrogen-bond donors (Lipinski definition) is 0. The van der Waals surface area contributed by atoms with E-state index in [2.05, 4.69) is 18.6 Å². The summed E-state index contributed by atoms with van der Waals surface area (Å²) >= 11 is 1.19. The average molecular weight is 386 g/mol. The molecule has 0 amide bonds. The van der Waals surface area contributed by atoms with Gasteiger partial charge in [0.15, 0.2) is 11.6 Å². The molecular weight excluding hydrogens is 370 g/mol. The van der Waals surface area contributed by atoms with Crippen LogP contribution in [-0.4, -0.2) is 25.7 Å². The van der Waals surface area contributed by atoms with Crippen LogP contribution in [0.25, 0.3) is 22.5 Å². The van der Waals surface area contributed by atoms with Crippen LogP contribution in [0, 0.1) is 18.6 Å². The highest BCUT2D eigenvalue weighted by molar-refractivity contribution is 7.00. The molecule has 0 saturated heterocycles. The fraction of sp³-hybridized carbons (Fsp3) is 0.211. The van der Waals surface area contributed by atoms with Gasteiger partial charge in [0.25, 0.3) is 0 Å². The molecule has 27 heavy (non-hydrogen) atoms. The van der Waals surface area contributed by atoms with E-state index in [9.17, 15) is 8.78 Å². The van der Waals surface area contributed by atoms with E-state index < -0.39 is 11.6 Å². The molecule has 0 fully saturated rings. The van der Waals surface area contributed by atoms with Crippen molar-refractivity contribution in [2.45, 2.75) is 20.0 Å². The standard InChI is InChI=1S/C19H16F2N4OS/c1-11-17(22-19(26-11)13-4-3-5-14(20)18(13)21)10-25(2)9-12-6-7-15-16(8-12)24-27-23-15/h3-8H,9-10H2,1-2H3. The summed E-state index contributed by atoms with van der Waals surface area (Å²) in [6.45, 7) is 2.97. The lowest BCUT2D eigenvalue weighted by Gasteiger charge is -2.15. The molecule has 4 rings (SSSR count). The Morgan fingerprint density at radius 2 is 1.89 bits per heavy atom. The van der Waals surface area contributed by atoms with Gasteiger partial charge < -0.3 is 4.42 Å². The lowest BCUT2D eigenvalue weighted by Crippen LogP contribution is -2.18. The first-order valence-electron chi connectivity index (χ1n) is 8.31. The highest BCUT2D eigenvalue weighted by Crippen LogP contribution is 2.26. The second-order valence-electron chi connectivity index (χ2n) is 6.38. The van der Waals surface area contributed by atoms with Crippen LogP contribution in [0.5, 0.6) is 0 Å². The molecule has 0 aliphatic heterocycles. The van der Waals surface area contributed by atoms with Gasteiger partial charge in [0.1, 0.15) is 16.8 Å². The largest absolute Gasteiger partial charge is 0.441 e. The molecule has 2 aromatic heterocycles. The Morgan fingerprint density at radius 3 is 2.74 bits per heavy atom. The van der Waals surface area contributed by atoms with Crippen molar-refractivity contribution in [3.05, 3.63) is 65.1 Å². The van der Waals surface area contributed by atoms with Gasteiger partial charge in [-0.2, -0.15) is 8.75 Å². The van der Waals surface area contributed by atoms with E-state index in [0.717, 1.165) is 22.7 Å². The summed E-state index contributed by atoms with van der Waals surface area (Å²) in [4.78, 5) is 6.44. The number of fused-ring (bicyclic) bond motifs is 1. The van der Waals surface area contributed by atoms with E-state index >= 15 is 0 Å². The minimum atomic E-state index is -0.955. The second-order valence-corrected chi connectivity index (χ2v) is 6.91. The molecule has 0 radical (unpaired) electrons. The van der Waals surface area contributed by atoms with Crippen molar-refractivity contribution in [2.24, 2.45) is 0 Å². The number of halogens is 2. The molecule has 2 heterocycles. The fourth-order valence-corrected chi connectivity index (χ4v) is 3.43. The predicted molar refractivity (Wildman–Crippen MR) is 99.2 cm³/mol. The van der Waals surface area contributed by atoms with E-state index in [0.29, 0.717) is 24.5 Å². The fourth-order valence-electron chi connectivity index (χ4n) is 2.91. The molecule has 0 bridgehead atoms. The van der Waals surface area contributed by atoms with Gasteiger partial charge in [0, 0.05) is 13.1 Å². The third-order valence-electron chi connectivity index (χ3n) is 4.27. The molecule has 4 aromatic rings. The van der Waals surface area contributed by atoms with Crippen LogP contribution in [0.2, 0.25) is 0 Å². The summed E-state index contributed by atoms with van der Waals surface area (Å²) in [6, 6.07) is 9.94. The molecule has 0 atom stereocenters. The maximum Gasteiger partial charge on any atom is 0.229 e. The predicted octanol–water partition coefficient (Wildman–Crippen LogP) is 4.56. The molecule has 2 aromatic carbocycles. The highest BCUT2D eigenvalue weighted by atomic mass is 32.1. The molecule has 8 heteroatoms. The SMILES string of the molecule is Cc1oc(-c2cccc(F)c2F)nc1CN(C)Cc1ccc2nsnc2c1. The van der Waals surface area contributed by atoms with Crippen molar-refractivity contribution in [3.63, 3.8) is 0 Å². The van der Waals surface area contributed by atoms with Gasteiger partial charge in [0.2, 0.25) is 5.89 Å². The third-order valence-corrected chi connectivity index (χ3v) is 4.82. The Balaban J connectivity index is 1.52. The van der Waals surface area contributed by atoms with Crippen molar-refractivity contribution >= 4 is 22.8 Å². The van der Waals surface area contributed by atoms with Gasteiger partial charge in [0.05, 0.1) is 23.0 Å². The lowest BCUT2D eigenvalue weighted by atomic mass is 10.2. The first-order valence-corrected chi connectivity index (χ1v) is 9.04. The summed E-state index contributed by atoms with van der Waals surface area (Å²) in [5, 5.41) is 0. The Kier molecular flexibility index (Phi) is 4.67. The van der Waals surface area contributed by atoms with Crippen LogP contribution >= 0.6 is 11.7 Å². The zero-order valence-electron chi connectivity index (χ0n) is 14.7. The Labute approximate surface area is 158 Å². The third kappa shape index (κ3) is 3.58. The Bertz CT molecular complexity index is 1110. The summed E-state index contributed by atoms with van der Waals surface area (Å²) in [7, 11) is 1.96. The topological polar surface area (TPSA) is 55.1 Å². The second kappa shape index (κ2) is 7.13. The summed E-state index contributed by atoms with van der Waals surface area (Å²) < 4.78 is 41.5. The molecule has 0 saturated carbocycles. The zero-order valence-corrected chi connectivity index (χ0v) is 15.6. The smallest absolute Gasteiger partial charge is 0.229 e. The van der Waals surface area contributed by atoms with Crippen molar-refractivity contribution < 1.29 is 13.2 Å². The van der Waals surface area contributed by atoms with Crippen LogP contribution in [0.4, 0.5) is 8.78 Å². The van der Waals surface area contributed by atoms with Crippen LogP contribution in [0.15, 0.2) is 40.8 Å². The van der Waals surface area contributed by atoms with Crippen LogP contribution in [0.1, 0.15) is 17.0 Å². The molecule has 0 aliphatic rings. The molecule has 0 spiro atoms. The van der Waals surface area contributed by atoms with Gasteiger partial charge in [-0.05, 0) is 43.8 Å². The molecule has 0 N–H and O–H groups in total. The van der Waals surface area contributed by atoms with E-state index in [4.69, 9.17) is 4.42 Å². The van der Waals surface area contributed by atoms with Crippen molar-refractivity contribution in [1.29, 1.82) is 0 Å². The summed E-state index contributed by atoms with van der Waals surface area (Å²) in [6.07, 6.45) is 0. The summed E-state index contributed by atoms with van der Waals surface area (Å²) in [5.74, 6) is -1.21. The van der Waals surface area contributed by atoms with Crippen molar-refractivity contribution in [3.8, 4) is 11.5 Å². The Morgan fingerprint density at radius 1 is 1.07 bits per heavy atom. The average Bonchev–Trinajstić information content (AvgIpc) is 3.24. The molecular formula is C19H16F2N4OS. The van der Waals surface area contributed by atoms with Gasteiger partial charge in [-0.25, -0.2) is 13.8 Å². The normalized spacial score (nSPS) is 11.6. The van der Waals surface area contributed by atoms with Gasteiger partial charge in [-0.3, -0.25) is 4.90 Å². The zero-order chi connectivity index (χ0) is 19.0. The number of oxazole rings is 1. The van der Waals surface area contributed by atoms with E-state index in [1.165, 1.54) is 23.9 Å². The molecule has 138 valence electrons. The monoisotopic (exact) mass is 386 g/mol. The van der Waals surface area contributed by atoms with Gasteiger partial charge >= 0.3 is 0 Å². The van der Waals surface area contributed by atoms with Crippen molar-refractivity contribution in [2.75, 3.05) is 7.05 Å². The number of benzene rings is 2. The quantitative estimate of drug-likeness (QED) is 0.503. The van der Waals surface area contributed by atoms with Gasteiger partial charge in [-0.1, -0.05) is 12.1 Å². The maximum absolute atomic E-state index is 14.0.